The molecule has 0 radical (unpaired) electrons. The summed E-state index contributed by atoms with van der Waals surface area (Å²) in [6, 6.07) is 5.99. The van der Waals surface area contributed by atoms with E-state index < -0.39 is 23.9 Å². The second-order valence-corrected chi connectivity index (χ2v) is 5.96. The zero-order valence-corrected chi connectivity index (χ0v) is 13.0. The highest BCUT2D eigenvalue weighted by molar-refractivity contribution is 5.95. The average Bonchev–Trinajstić information content (AvgIpc) is 3.11. The topological polar surface area (TPSA) is 56.3 Å². The number of aryl methyl sites for hydroxylation is 1. The number of nitrogens with zero attached hydrogens (tertiary/aromatic N) is 1. The second kappa shape index (κ2) is 5.98. The van der Waals surface area contributed by atoms with Gasteiger partial charge in [0.2, 0.25) is 0 Å². The lowest BCUT2D eigenvalue weighted by atomic mass is 9.97. The average molecular weight is 338 g/mol. The number of alkyl halides is 3. The number of carbonyl (C=O) groups is 1. The molecule has 0 bridgehead atoms. The van der Waals surface area contributed by atoms with Crippen LogP contribution in [0.4, 0.5) is 13.2 Å². The molecule has 3 rings (SSSR count). The molecule has 1 aromatic heterocycles. The third kappa shape index (κ3) is 2.91. The number of rotatable bonds is 2. The number of hydrogen-bond acceptors (Lipinski definition) is 2. The number of likely N-dealkylation sites (tertiary alicyclic amines) is 1. The highest BCUT2D eigenvalue weighted by Crippen LogP contribution is 2.41. The number of aromatic nitrogens is 1. The van der Waals surface area contributed by atoms with E-state index in [4.69, 9.17) is 0 Å². The maximum absolute atomic E-state index is 13.3. The molecule has 2 unspecified atom stereocenters. The molecular weight excluding hydrogens is 321 g/mol. The Kier molecular flexibility index (Phi) is 4.13. The Morgan fingerprint density at radius 1 is 1.29 bits per heavy atom. The maximum atomic E-state index is 13.3. The number of nitrogens with one attached hydrogen (secondary N) is 1. The van der Waals surface area contributed by atoms with Crippen molar-refractivity contribution in [1.82, 2.24) is 9.88 Å². The smallest absolute Gasteiger partial charge is 0.391 e. The minimum Gasteiger partial charge on any atom is -0.391 e. The van der Waals surface area contributed by atoms with E-state index in [-0.39, 0.29) is 24.4 Å². The van der Waals surface area contributed by atoms with Crippen LogP contribution in [0.25, 0.3) is 0 Å². The lowest BCUT2D eigenvalue weighted by molar-refractivity contribution is -0.138. The predicted molar refractivity (Wildman–Crippen MR) is 81.4 cm³/mol. The Morgan fingerprint density at radius 3 is 2.62 bits per heavy atom. The van der Waals surface area contributed by atoms with Crippen molar-refractivity contribution in [3.8, 4) is 0 Å². The number of carbonyl (C=O) groups excluding carboxylic acids is 1. The first-order valence-corrected chi connectivity index (χ1v) is 7.58. The molecule has 1 aromatic carbocycles. The van der Waals surface area contributed by atoms with Gasteiger partial charge in [0, 0.05) is 18.4 Å². The molecule has 0 aliphatic carbocycles. The first-order chi connectivity index (χ1) is 11.3. The number of H-pyrrole nitrogens is 1. The fourth-order valence-corrected chi connectivity index (χ4v) is 3.22. The highest BCUT2D eigenvalue weighted by atomic mass is 19.4. The molecule has 4 nitrogen and oxygen atoms in total. The number of amides is 1. The van der Waals surface area contributed by atoms with Gasteiger partial charge in [-0.3, -0.25) is 4.79 Å². The molecular formula is C17H17F3N2O2. The molecule has 2 aromatic rings. The normalized spacial score (nSPS) is 21.3. The molecule has 128 valence electrons. The number of hydrogen-bond donors (Lipinski definition) is 2. The number of aliphatic hydroxyl groups is 1. The second-order valence-electron chi connectivity index (χ2n) is 5.96. The van der Waals surface area contributed by atoms with Gasteiger partial charge in [0.15, 0.2) is 0 Å². The van der Waals surface area contributed by atoms with Crippen LogP contribution < -0.4 is 0 Å². The van der Waals surface area contributed by atoms with Gasteiger partial charge in [0.1, 0.15) is 0 Å². The molecule has 2 heterocycles. The standard InChI is InChI=1S/C17H17F3N2O2/c1-10-12(6-7-21-10)16(24)22-9-11(23)8-15(22)13-4-2-3-5-14(13)17(18,19)20/h2-7,11,15,21,23H,8-9H2,1H3. The van der Waals surface area contributed by atoms with Gasteiger partial charge in [-0.15, -0.1) is 0 Å². The predicted octanol–water partition coefficient (Wildman–Crippen LogP) is 3.29. The van der Waals surface area contributed by atoms with Crippen molar-refractivity contribution in [2.24, 2.45) is 0 Å². The largest absolute Gasteiger partial charge is 0.416 e. The van der Waals surface area contributed by atoms with Crippen LogP contribution in [0.15, 0.2) is 36.5 Å². The van der Waals surface area contributed by atoms with Crippen LogP contribution in [-0.4, -0.2) is 33.5 Å². The number of aliphatic hydroxyl groups excluding tert-OH is 1. The van der Waals surface area contributed by atoms with Crippen LogP contribution in [0.2, 0.25) is 0 Å². The van der Waals surface area contributed by atoms with E-state index in [1.54, 1.807) is 19.2 Å². The van der Waals surface area contributed by atoms with E-state index in [0.29, 0.717) is 11.3 Å². The summed E-state index contributed by atoms with van der Waals surface area (Å²) in [7, 11) is 0. The van der Waals surface area contributed by atoms with Gasteiger partial charge in [-0.05, 0) is 31.0 Å². The van der Waals surface area contributed by atoms with Crippen molar-refractivity contribution >= 4 is 5.91 Å². The Bertz CT molecular complexity index is 754. The summed E-state index contributed by atoms with van der Waals surface area (Å²) in [5.41, 5.74) is 0.290. The maximum Gasteiger partial charge on any atom is 0.416 e. The number of halogens is 3. The minimum atomic E-state index is -4.51. The molecule has 1 fully saturated rings. The summed E-state index contributed by atoms with van der Waals surface area (Å²) in [5.74, 6) is -0.382. The number of benzene rings is 1. The quantitative estimate of drug-likeness (QED) is 0.883. The van der Waals surface area contributed by atoms with E-state index in [1.807, 2.05) is 0 Å². The van der Waals surface area contributed by atoms with Crippen molar-refractivity contribution in [3.63, 3.8) is 0 Å². The van der Waals surface area contributed by atoms with Crippen molar-refractivity contribution in [3.05, 3.63) is 58.9 Å². The summed E-state index contributed by atoms with van der Waals surface area (Å²) in [5, 5.41) is 9.96. The molecule has 1 aliphatic rings. The van der Waals surface area contributed by atoms with Crippen molar-refractivity contribution in [1.29, 1.82) is 0 Å². The molecule has 24 heavy (non-hydrogen) atoms. The van der Waals surface area contributed by atoms with Crippen molar-refractivity contribution < 1.29 is 23.1 Å². The monoisotopic (exact) mass is 338 g/mol. The summed E-state index contributed by atoms with van der Waals surface area (Å²) in [6.07, 6.45) is -3.67. The van der Waals surface area contributed by atoms with Gasteiger partial charge in [-0.25, -0.2) is 0 Å². The zero-order chi connectivity index (χ0) is 17.5. The summed E-state index contributed by atoms with van der Waals surface area (Å²) >= 11 is 0. The molecule has 7 heteroatoms. The van der Waals surface area contributed by atoms with Gasteiger partial charge in [0.05, 0.1) is 23.3 Å². The van der Waals surface area contributed by atoms with Gasteiger partial charge in [-0.1, -0.05) is 18.2 Å². The van der Waals surface area contributed by atoms with Crippen LogP contribution in [0.1, 0.15) is 39.6 Å². The highest BCUT2D eigenvalue weighted by Gasteiger charge is 2.41. The molecule has 1 saturated heterocycles. The molecule has 2 N–H and O–H groups in total. The fraction of sp³-hybridized carbons (Fsp3) is 0.353. The fourth-order valence-electron chi connectivity index (χ4n) is 3.22. The molecule has 1 aliphatic heterocycles. The van der Waals surface area contributed by atoms with Gasteiger partial charge >= 0.3 is 6.18 Å². The van der Waals surface area contributed by atoms with Crippen LogP contribution in [0, 0.1) is 6.92 Å². The Morgan fingerprint density at radius 2 is 2.00 bits per heavy atom. The summed E-state index contributed by atoms with van der Waals surface area (Å²) in [6.45, 7) is 1.73. The third-order valence-corrected chi connectivity index (χ3v) is 4.35. The van der Waals surface area contributed by atoms with Crippen molar-refractivity contribution in [2.75, 3.05) is 6.54 Å². The first kappa shape index (κ1) is 16.6. The van der Waals surface area contributed by atoms with Gasteiger partial charge in [-0.2, -0.15) is 13.2 Å². The van der Waals surface area contributed by atoms with Crippen LogP contribution in [-0.2, 0) is 6.18 Å². The molecule has 2 atom stereocenters. The van der Waals surface area contributed by atoms with Gasteiger partial charge < -0.3 is 15.0 Å². The SMILES string of the molecule is Cc1[nH]ccc1C(=O)N1CC(O)CC1c1ccccc1C(F)(F)F. The Labute approximate surface area is 136 Å². The first-order valence-electron chi connectivity index (χ1n) is 7.58. The van der Waals surface area contributed by atoms with E-state index in [1.165, 1.54) is 23.1 Å². The Balaban J connectivity index is 2.01. The van der Waals surface area contributed by atoms with Crippen molar-refractivity contribution in [2.45, 2.75) is 31.7 Å². The lowest BCUT2D eigenvalue weighted by Gasteiger charge is -2.27. The van der Waals surface area contributed by atoms with Crippen LogP contribution >= 0.6 is 0 Å². The van der Waals surface area contributed by atoms with E-state index >= 15 is 0 Å². The molecule has 0 saturated carbocycles. The van der Waals surface area contributed by atoms with Gasteiger partial charge in [0.25, 0.3) is 5.91 Å². The van der Waals surface area contributed by atoms with E-state index in [2.05, 4.69) is 4.98 Å². The van der Waals surface area contributed by atoms with E-state index in [9.17, 15) is 23.1 Å². The number of β-amino-alcohol motifs (C(OH)–C–C–N with tert-alkyl or cyclic N) is 1. The lowest BCUT2D eigenvalue weighted by Crippen LogP contribution is -2.32. The molecule has 1 amide bonds. The summed E-state index contributed by atoms with van der Waals surface area (Å²) < 4.78 is 39.9. The van der Waals surface area contributed by atoms with Crippen LogP contribution in [0.3, 0.4) is 0 Å². The summed E-state index contributed by atoms with van der Waals surface area (Å²) in [4.78, 5) is 16.9. The number of aromatic amines is 1. The molecule has 0 spiro atoms. The van der Waals surface area contributed by atoms with Crippen LogP contribution in [0.5, 0.6) is 0 Å². The van der Waals surface area contributed by atoms with E-state index in [0.717, 1.165) is 6.07 Å². The zero-order valence-electron chi connectivity index (χ0n) is 13.0. The third-order valence-electron chi connectivity index (χ3n) is 4.35. The minimum absolute atomic E-state index is 0.0142. The Hall–Kier alpha value is -2.28.